The van der Waals surface area contributed by atoms with Crippen molar-refractivity contribution in [3.05, 3.63) is 51.5 Å². The van der Waals surface area contributed by atoms with Crippen LogP contribution in [0.25, 0.3) is 0 Å². The third-order valence-electron chi connectivity index (χ3n) is 3.29. The number of hydrogen-bond donors (Lipinski definition) is 1. The lowest BCUT2D eigenvalue weighted by Gasteiger charge is -2.20. The zero-order valence-electron chi connectivity index (χ0n) is 12.0. The number of alkyl halides is 3. The second kappa shape index (κ2) is 6.15. The molecule has 1 N–H and O–H groups in total. The smallest absolute Gasteiger partial charge is 0.302 e. The first kappa shape index (κ1) is 16.0. The van der Waals surface area contributed by atoms with Gasteiger partial charge in [0.25, 0.3) is 0 Å². The third-order valence-corrected chi connectivity index (χ3v) is 4.09. The molecule has 0 aliphatic carbocycles. The number of nitrogens with zero attached hydrogens (tertiary/aromatic N) is 1. The molecule has 2 aromatic rings. The van der Waals surface area contributed by atoms with Crippen molar-refractivity contribution in [1.29, 1.82) is 0 Å². The molecule has 1 heterocycles. The van der Waals surface area contributed by atoms with E-state index in [4.69, 9.17) is 0 Å². The van der Waals surface area contributed by atoms with Crippen molar-refractivity contribution < 1.29 is 13.2 Å². The highest BCUT2D eigenvalue weighted by Crippen LogP contribution is 2.31. The van der Waals surface area contributed by atoms with Crippen LogP contribution in [0.5, 0.6) is 0 Å². The average molecular weight is 314 g/mol. The molecule has 2 rings (SSSR count). The molecular weight excluding hydrogens is 297 g/mol. The SMILES string of the molecule is Cc1nc(C(C)NC(C)c2cccc(C(F)(F)F)c2)cs1. The van der Waals surface area contributed by atoms with Crippen LogP contribution in [0.3, 0.4) is 0 Å². The minimum Gasteiger partial charge on any atom is -0.302 e. The molecule has 0 spiro atoms. The van der Waals surface area contributed by atoms with E-state index in [1.54, 1.807) is 17.4 Å². The first-order valence-corrected chi connectivity index (χ1v) is 7.50. The zero-order valence-corrected chi connectivity index (χ0v) is 12.8. The Bertz CT molecular complexity index is 607. The Labute approximate surface area is 126 Å². The van der Waals surface area contributed by atoms with Gasteiger partial charge < -0.3 is 5.32 Å². The molecule has 0 amide bonds. The molecule has 0 aliphatic rings. The quantitative estimate of drug-likeness (QED) is 0.870. The second-order valence-electron chi connectivity index (χ2n) is 5.02. The summed E-state index contributed by atoms with van der Waals surface area (Å²) in [5.41, 5.74) is 0.908. The van der Waals surface area contributed by atoms with Crippen molar-refractivity contribution in [2.75, 3.05) is 0 Å². The van der Waals surface area contributed by atoms with Crippen LogP contribution in [-0.4, -0.2) is 4.98 Å². The molecule has 21 heavy (non-hydrogen) atoms. The van der Waals surface area contributed by atoms with Gasteiger partial charge in [-0.15, -0.1) is 11.3 Å². The third kappa shape index (κ3) is 4.04. The first-order chi connectivity index (χ1) is 9.77. The van der Waals surface area contributed by atoms with Crippen LogP contribution in [0.2, 0.25) is 0 Å². The number of benzene rings is 1. The van der Waals surface area contributed by atoms with Gasteiger partial charge in [0.15, 0.2) is 0 Å². The van der Waals surface area contributed by atoms with Gasteiger partial charge in [-0.1, -0.05) is 12.1 Å². The molecule has 0 aliphatic heterocycles. The highest BCUT2D eigenvalue weighted by atomic mass is 32.1. The van der Waals surface area contributed by atoms with E-state index in [2.05, 4.69) is 10.3 Å². The monoisotopic (exact) mass is 314 g/mol. The highest BCUT2D eigenvalue weighted by molar-refractivity contribution is 7.09. The van der Waals surface area contributed by atoms with Crippen molar-refractivity contribution in [2.45, 2.75) is 39.0 Å². The van der Waals surface area contributed by atoms with Crippen LogP contribution < -0.4 is 5.32 Å². The van der Waals surface area contributed by atoms with Crippen LogP contribution >= 0.6 is 11.3 Å². The Balaban J connectivity index is 2.11. The van der Waals surface area contributed by atoms with Crippen LogP contribution in [0.4, 0.5) is 13.2 Å². The zero-order chi connectivity index (χ0) is 15.6. The Kier molecular flexibility index (Phi) is 4.68. The van der Waals surface area contributed by atoms with Crippen molar-refractivity contribution in [2.24, 2.45) is 0 Å². The van der Waals surface area contributed by atoms with E-state index in [1.807, 2.05) is 26.2 Å². The Morgan fingerprint density at radius 2 is 1.90 bits per heavy atom. The normalized spacial score (nSPS) is 15.0. The number of aromatic nitrogens is 1. The van der Waals surface area contributed by atoms with Crippen molar-refractivity contribution in [1.82, 2.24) is 10.3 Å². The van der Waals surface area contributed by atoms with E-state index in [9.17, 15) is 13.2 Å². The number of hydrogen-bond acceptors (Lipinski definition) is 3. The maximum atomic E-state index is 12.7. The van der Waals surface area contributed by atoms with Crippen LogP contribution in [0.15, 0.2) is 29.6 Å². The van der Waals surface area contributed by atoms with Crippen molar-refractivity contribution >= 4 is 11.3 Å². The fraction of sp³-hybridized carbons (Fsp3) is 0.400. The average Bonchev–Trinajstić information content (AvgIpc) is 2.84. The van der Waals surface area contributed by atoms with Gasteiger partial charge in [0.2, 0.25) is 0 Å². The predicted octanol–water partition coefficient (Wildman–Crippen LogP) is 4.88. The molecule has 0 bridgehead atoms. The Hall–Kier alpha value is -1.40. The standard InChI is InChI=1S/C15H17F3N2S/c1-9(19-10(2)14-8-21-11(3)20-14)12-5-4-6-13(7-12)15(16,17)18/h4-10,19H,1-3H3. The topological polar surface area (TPSA) is 24.9 Å². The summed E-state index contributed by atoms with van der Waals surface area (Å²) in [6.45, 7) is 5.74. The first-order valence-electron chi connectivity index (χ1n) is 6.62. The van der Waals surface area contributed by atoms with Gasteiger partial charge in [-0.25, -0.2) is 4.98 Å². The lowest BCUT2D eigenvalue weighted by molar-refractivity contribution is -0.137. The summed E-state index contributed by atoms with van der Waals surface area (Å²) < 4.78 is 38.2. The molecular formula is C15H17F3N2S. The number of nitrogens with one attached hydrogen (secondary N) is 1. The molecule has 0 saturated carbocycles. The molecule has 6 heteroatoms. The summed E-state index contributed by atoms with van der Waals surface area (Å²) >= 11 is 1.56. The molecule has 1 aromatic heterocycles. The molecule has 2 atom stereocenters. The Morgan fingerprint density at radius 3 is 2.48 bits per heavy atom. The summed E-state index contributed by atoms with van der Waals surface area (Å²) in [6, 6.07) is 5.21. The van der Waals surface area contributed by atoms with E-state index < -0.39 is 11.7 Å². The van der Waals surface area contributed by atoms with Crippen LogP contribution in [0.1, 0.15) is 47.8 Å². The largest absolute Gasteiger partial charge is 0.416 e. The minimum atomic E-state index is -4.31. The van der Waals surface area contributed by atoms with Crippen molar-refractivity contribution in [3.8, 4) is 0 Å². The highest BCUT2D eigenvalue weighted by Gasteiger charge is 2.30. The minimum absolute atomic E-state index is 0.0144. The van der Waals surface area contributed by atoms with E-state index in [-0.39, 0.29) is 12.1 Å². The van der Waals surface area contributed by atoms with Gasteiger partial charge in [0.1, 0.15) is 0 Å². The van der Waals surface area contributed by atoms with E-state index in [0.717, 1.165) is 16.8 Å². The lowest BCUT2D eigenvalue weighted by atomic mass is 10.0. The molecule has 0 radical (unpaired) electrons. The van der Waals surface area contributed by atoms with Gasteiger partial charge in [-0.2, -0.15) is 13.2 Å². The van der Waals surface area contributed by atoms with Crippen LogP contribution in [-0.2, 0) is 6.18 Å². The fourth-order valence-electron chi connectivity index (χ4n) is 2.12. The van der Waals surface area contributed by atoms with Gasteiger partial charge in [0.05, 0.1) is 16.3 Å². The number of rotatable bonds is 4. The molecule has 1 aromatic carbocycles. The second-order valence-corrected chi connectivity index (χ2v) is 6.09. The van der Waals surface area contributed by atoms with Gasteiger partial charge in [-0.05, 0) is 38.5 Å². The lowest BCUT2D eigenvalue weighted by Crippen LogP contribution is -2.23. The molecule has 0 saturated heterocycles. The number of halogens is 3. The summed E-state index contributed by atoms with van der Waals surface area (Å²) in [7, 11) is 0. The molecule has 2 nitrogen and oxygen atoms in total. The summed E-state index contributed by atoms with van der Waals surface area (Å²) in [6.07, 6.45) is -4.31. The predicted molar refractivity (Wildman–Crippen MR) is 78.3 cm³/mol. The maximum absolute atomic E-state index is 12.7. The fourth-order valence-corrected chi connectivity index (χ4v) is 2.83. The Morgan fingerprint density at radius 1 is 1.19 bits per heavy atom. The van der Waals surface area contributed by atoms with Gasteiger partial charge in [-0.3, -0.25) is 0 Å². The molecule has 0 fully saturated rings. The molecule has 2 unspecified atom stereocenters. The van der Waals surface area contributed by atoms with E-state index >= 15 is 0 Å². The number of thiazole rings is 1. The van der Waals surface area contributed by atoms with Gasteiger partial charge >= 0.3 is 6.18 Å². The van der Waals surface area contributed by atoms with Gasteiger partial charge in [0, 0.05) is 17.5 Å². The summed E-state index contributed by atoms with van der Waals surface area (Å²) in [4.78, 5) is 4.39. The van der Waals surface area contributed by atoms with Crippen LogP contribution in [0, 0.1) is 6.92 Å². The van der Waals surface area contributed by atoms with E-state index in [1.165, 1.54) is 12.1 Å². The maximum Gasteiger partial charge on any atom is 0.416 e. The summed E-state index contributed by atoms with van der Waals surface area (Å²) in [5, 5.41) is 6.22. The van der Waals surface area contributed by atoms with Crippen molar-refractivity contribution in [3.63, 3.8) is 0 Å². The molecule has 114 valence electrons. The summed E-state index contributed by atoms with van der Waals surface area (Å²) in [5.74, 6) is 0. The van der Waals surface area contributed by atoms with E-state index in [0.29, 0.717) is 5.56 Å². The number of aryl methyl sites for hydroxylation is 1.